The Hall–Kier alpha value is -1.27. The van der Waals surface area contributed by atoms with Crippen molar-refractivity contribution in [1.82, 2.24) is 15.2 Å². The second-order valence-electron chi connectivity index (χ2n) is 5.18. The van der Waals surface area contributed by atoms with E-state index >= 15 is 0 Å². The minimum Gasteiger partial charge on any atom is -0.305 e. The van der Waals surface area contributed by atoms with Gasteiger partial charge in [0.15, 0.2) is 0 Å². The third kappa shape index (κ3) is 2.69. The molecule has 1 saturated carbocycles. The van der Waals surface area contributed by atoms with E-state index in [0.29, 0.717) is 13.0 Å². The number of thiazole rings is 1. The van der Waals surface area contributed by atoms with E-state index in [1.165, 1.54) is 4.90 Å². The summed E-state index contributed by atoms with van der Waals surface area (Å²) in [6.45, 7) is 2.66. The highest BCUT2D eigenvalue weighted by Crippen LogP contribution is 2.31. The Bertz CT molecular complexity index is 510. The first kappa shape index (κ1) is 12.7. The first-order valence-corrected chi connectivity index (χ1v) is 7.53. The Morgan fingerprint density at radius 1 is 1.47 bits per heavy atom. The summed E-state index contributed by atoms with van der Waals surface area (Å²) in [5, 5.41) is 6.28. The predicted octanol–water partition coefficient (Wildman–Crippen LogP) is 0.874. The van der Waals surface area contributed by atoms with Crippen molar-refractivity contribution in [3.8, 4) is 0 Å². The number of carbonyl (C=O) groups is 2. The van der Waals surface area contributed by atoms with Crippen LogP contribution in [0.3, 0.4) is 0 Å². The van der Waals surface area contributed by atoms with E-state index in [1.807, 2.05) is 12.3 Å². The Balaban J connectivity index is 1.50. The number of nitrogens with zero attached hydrogens (tertiary/aromatic N) is 2. The lowest BCUT2D eigenvalue weighted by molar-refractivity contribution is -0.139. The van der Waals surface area contributed by atoms with Crippen LogP contribution in [0.15, 0.2) is 5.38 Å². The predicted molar refractivity (Wildman–Crippen MR) is 71.8 cm³/mol. The Morgan fingerprint density at radius 3 is 2.89 bits per heavy atom. The molecule has 3 rings (SSSR count). The van der Waals surface area contributed by atoms with Crippen LogP contribution in [0.25, 0.3) is 0 Å². The zero-order valence-electron chi connectivity index (χ0n) is 10.9. The average molecular weight is 279 g/mol. The number of aromatic nitrogens is 1. The Morgan fingerprint density at radius 2 is 2.26 bits per heavy atom. The molecule has 1 aromatic rings. The van der Waals surface area contributed by atoms with Gasteiger partial charge in [0.25, 0.3) is 0 Å². The number of aryl methyl sites for hydroxylation is 1. The molecule has 1 atom stereocenters. The van der Waals surface area contributed by atoms with Crippen molar-refractivity contribution in [2.45, 2.75) is 44.7 Å². The maximum Gasteiger partial charge on any atom is 0.247 e. The molecule has 6 heteroatoms. The van der Waals surface area contributed by atoms with Gasteiger partial charge in [0.05, 0.1) is 17.5 Å². The first-order valence-electron chi connectivity index (χ1n) is 6.65. The summed E-state index contributed by atoms with van der Waals surface area (Å²) in [5.74, 6) is -0.0575. The summed E-state index contributed by atoms with van der Waals surface area (Å²) in [5.41, 5.74) is 1.03. The van der Waals surface area contributed by atoms with E-state index in [2.05, 4.69) is 10.3 Å². The quantitative estimate of drug-likeness (QED) is 0.813. The lowest BCUT2D eigenvalue weighted by Crippen LogP contribution is -2.40. The lowest BCUT2D eigenvalue weighted by Gasteiger charge is -2.14. The van der Waals surface area contributed by atoms with Crippen molar-refractivity contribution < 1.29 is 9.59 Å². The minimum atomic E-state index is -0.325. The van der Waals surface area contributed by atoms with Gasteiger partial charge in [0, 0.05) is 30.1 Å². The Kier molecular flexibility index (Phi) is 3.36. The van der Waals surface area contributed by atoms with Crippen molar-refractivity contribution in [2.75, 3.05) is 6.54 Å². The molecular weight excluding hydrogens is 262 g/mol. The summed E-state index contributed by atoms with van der Waals surface area (Å²) in [6, 6.07) is -0.137. The highest BCUT2D eigenvalue weighted by molar-refractivity contribution is 7.09. The molecular formula is C13H17N3O2S. The fraction of sp³-hybridized carbons (Fsp3) is 0.615. The van der Waals surface area contributed by atoms with Gasteiger partial charge in [-0.3, -0.25) is 14.5 Å². The maximum atomic E-state index is 12.1. The zero-order chi connectivity index (χ0) is 13.4. The first-order chi connectivity index (χ1) is 9.15. The summed E-state index contributed by atoms with van der Waals surface area (Å²) < 4.78 is 0. The number of likely N-dealkylation sites (tertiary alicyclic amines) is 1. The number of carbonyl (C=O) groups excluding carboxylic acids is 2. The van der Waals surface area contributed by atoms with Crippen molar-refractivity contribution in [3.63, 3.8) is 0 Å². The second-order valence-corrected chi connectivity index (χ2v) is 6.12. The number of rotatable bonds is 5. The van der Waals surface area contributed by atoms with Crippen LogP contribution in [-0.4, -0.2) is 40.3 Å². The molecule has 19 heavy (non-hydrogen) atoms. The summed E-state index contributed by atoms with van der Waals surface area (Å²) >= 11 is 1.64. The SMILES string of the molecule is Cc1csc(CCNC2CC(=O)N(C3CC3)C2=O)n1. The second kappa shape index (κ2) is 5.02. The molecule has 1 saturated heterocycles. The van der Waals surface area contributed by atoms with Crippen LogP contribution in [-0.2, 0) is 16.0 Å². The maximum absolute atomic E-state index is 12.1. The van der Waals surface area contributed by atoms with E-state index in [1.54, 1.807) is 11.3 Å². The molecule has 1 N–H and O–H groups in total. The van der Waals surface area contributed by atoms with Crippen molar-refractivity contribution in [1.29, 1.82) is 0 Å². The van der Waals surface area contributed by atoms with Gasteiger partial charge >= 0.3 is 0 Å². The van der Waals surface area contributed by atoms with E-state index in [9.17, 15) is 9.59 Å². The molecule has 102 valence electrons. The molecule has 1 aromatic heterocycles. The van der Waals surface area contributed by atoms with Crippen LogP contribution in [0.4, 0.5) is 0 Å². The van der Waals surface area contributed by atoms with Gasteiger partial charge < -0.3 is 5.32 Å². The van der Waals surface area contributed by atoms with E-state index in [4.69, 9.17) is 0 Å². The van der Waals surface area contributed by atoms with Gasteiger partial charge in [0.1, 0.15) is 0 Å². The minimum absolute atomic E-state index is 0.0184. The molecule has 5 nitrogen and oxygen atoms in total. The molecule has 1 unspecified atom stereocenters. The van der Waals surface area contributed by atoms with Crippen LogP contribution < -0.4 is 5.32 Å². The third-order valence-electron chi connectivity index (χ3n) is 3.49. The van der Waals surface area contributed by atoms with Crippen LogP contribution in [0.2, 0.25) is 0 Å². The van der Waals surface area contributed by atoms with Crippen LogP contribution in [0.5, 0.6) is 0 Å². The van der Waals surface area contributed by atoms with Gasteiger partial charge in [-0.1, -0.05) is 0 Å². The van der Waals surface area contributed by atoms with Gasteiger partial charge in [-0.25, -0.2) is 4.98 Å². The standard InChI is InChI=1S/C13H17N3O2S/c1-8-7-19-11(15-8)4-5-14-10-6-12(17)16(13(10)18)9-2-3-9/h7,9-10,14H,2-6H2,1H3. The van der Waals surface area contributed by atoms with Crippen molar-refractivity contribution >= 4 is 23.2 Å². The molecule has 0 radical (unpaired) electrons. The topological polar surface area (TPSA) is 62.3 Å². The number of imide groups is 1. The molecule has 0 aromatic carbocycles. The van der Waals surface area contributed by atoms with Crippen LogP contribution in [0, 0.1) is 6.92 Å². The molecule has 2 fully saturated rings. The number of hydrogen-bond donors (Lipinski definition) is 1. The summed E-state index contributed by atoms with van der Waals surface area (Å²) in [4.78, 5) is 29.7. The average Bonchev–Trinajstić information content (AvgIpc) is 3.04. The normalized spacial score (nSPS) is 23.4. The molecule has 0 bridgehead atoms. The Labute approximate surface area is 116 Å². The van der Waals surface area contributed by atoms with Crippen molar-refractivity contribution in [3.05, 3.63) is 16.1 Å². The van der Waals surface area contributed by atoms with Gasteiger partial charge in [-0.05, 0) is 19.8 Å². The fourth-order valence-corrected chi connectivity index (χ4v) is 3.17. The monoisotopic (exact) mass is 279 g/mol. The smallest absolute Gasteiger partial charge is 0.247 e. The molecule has 1 aliphatic heterocycles. The van der Waals surface area contributed by atoms with Gasteiger partial charge in [-0.2, -0.15) is 0 Å². The molecule has 2 amide bonds. The van der Waals surface area contributed by atoms with Crippen LogP contribution in [0.1, 0.15) is 30.0 Å². The van der Waals surface area contributed by atoms with E-state index < -0.39 is 0 Å². The largest absolute Gasteiger partial charge is 0.305 e. The highest BCUT2D eigenvalue weighted by atomic mass is 32.1. The molecule has 2 heterocycles. The third-order valence-corrected chi connectivity index (χ3v) is 4.52. The highest BCUT2D eigenvalue weighted by Gasteiger charge is 2.45. The fourth-order valence-electron chi connectivity index (χ4n) is 2.40. The molecule has 0 spiro atoms. The molecule has 1 aliphatic carbocycles. The molecule has 2 aliphatic rings. The van der Waals surface area contributed by atoms with Gasteiger partial charge in [0.2, 0.25) is 11.8 Å². The van der Waals surface area contributed by atoms with E-state index in [0.717, 1.165) is 30.0 Å². The number of hydrogen-bond acceptors (Lipinski definition) is 5. The van der Waals surface area contributed by atoms with E-state index in [-0.39, 0.29) is 23.9 Å². The van der Waals surface area contributed by atoms with Crippen LogP contribution >= 0.6 is 11.3 Å². The number of nitrogens with one attached hydrogen (secondary N) is 1. The summed E-state index contributed by atoms with van der Waals surface area (Å²) in [6.07, 6.45) is 3.07. The summed E-state index contributed by atoms with van der Waals surface area (Å²) in [7, 11) is 0. The van der Waals surface area contributed by atoms with Crippen molar-refractivity contribution in [2.24, 2.45) is 0 Å². The van der Waals surface area contributed by atoms with Gasteiger partial charge in [-0.15, -0.1) is 11.3 Å². The lowest BCUT2D eigenvalue weighted by atomic mass is 10.2. The zero-order valence-corrected chi connectivity index (χ0v) is 11.7. The number of amides is 2.